The first kappa shape index (κ1) is 11.3. The Morgan fingerprint density at radius 2 is 1.94 bits per heavy atom. The molecule has 1 aliphatic heterocycles. The maximum Gasteiger partial charge on any atom is 0.318 e. The average Bonchev–Trinajstić information content (AvgIpc) is 2.45. The molecule has 88 valence electrons. The molecule has 0 amide bonds. The van der Waals surface area contributed by atoms with E-state index in [-0.39, 0.29) is 0 Å². The van der Waals surface area contributed by atoms with Crippen molar-refractivity contribution in [1.29, 1.82) is 0 Å². The van der Waals surface area contributed by atoms with E-state index in [9.17, 15) is 19.8 Å². The van der Waals surface area contributed by atoms with Crippen LogP contribution < -0.4 is 0 Å². The highest BCUT2D eigenvalue weighted by atomic mass is 16.6. The van der Waals surface area contributed by atoms with Gasteiger partial charge in [-0.25, -0.2) is 0 Å². The zero-order valence-electron chi connectivity index (χ0n) is 9.08. The second kappa shape index (κ2) is 3.40. The van der Waals surface area contributed by atoms with Gasteiger partial charge in [-0.2, -0.15) is 0 Å². The highest BCUT2D eigenvalue weighted by Gasteiger charge is 2.64. The van der Waals surface area contributed by atoms with E-state index in [1.165, 1.54) is 12.2 Å². The molecule has 2 N–H and O–H groups in total. The minimum Gasteiger partial charge on any atom is -0.459 e. The van der Waals surface area contributed by atoms with Crippen LogP contribution in [0.25, 0.3) is 0 Å². The molecule has 0 saturated carbocycles. The molecule has 2 rings (SSSR count). The third-order valence-corrected chi connectivity index (χ3v) is 3.61. The third-order valence-electron chi connectivity index (χ3n) is 3.61. The maximum atomic E-state index is 11.8. The van der Waals surface area contributed by atoms with Crippen molar-refractivity contribution in [2.45, 2.75) is 32.2 Å². The minimum atomic E-state index is -1.54. The molecule has 5 heteroatoms. The zero-order valence-corrected chi connectivity index (χ0v) is 9.08. The fraction of sp³-hybridized carbons (Fsp3) is 0.636. The number of rotatable bonds is 0. The summed E-state index contributed by atoms with van der Waals surface area (Å²) in [5, 5.41) is 19.9. The van der Waals surface area contributed by atoms with Crippen molar-refractivity contribution in [3.8, 4) is 0 Å². The number of ether oxygens (including phenoxy) is 1. The number of aliphatic hydroxyl groups is 2. The van der Waals surface area contributed by atoms with Gasteiger partial charge in [0.1, 0.15) is 23.7 Å². The Morgan fingerprint density at radius 3 is 2.44 bits per heavy atom. The number of aliphatic hydroxyl groups excluding tert-OH is 2. The molecule has 1 heterocycles. The number of ketones is 1. The maximum absolute atomic E-state index is 11.8. The van der Waals surface area contributed by atoms with Crippen LogP contribution in [-0.2, 0) is 14.3 Å². The second-order valence-corrected chi connectivity index (χ2v) is 4.44. The number of hydrogen-bond donors (Lipinski definition) is 2. The number of carbonyl (C=O) groups is 2. The van der Waals surface area contributed by atoms with E-state index in [0.717, 1.165) is 0 Å². The van der Waals surface area contributed by atoms with E-state index in [1.54, 1.807) is 13.8 Å². The number of esters is 1. The summed E-state index contributed by atoms with van der Waals surface area (Å²) >= 11 is 0. The van der Waals surface area contributed by atoms with E-state index in [2.05, 4.69) is 0 Å². The molecular formula is C11H14O5. The predicted molar refractivity (Wildman–Crippen MR) is 53.3 cm³/mol. The van der Waals surface area contributed by atoms with Crippen LogP contribution in [0.1, 0.15) is 13.8 Å². The first-order valence-corrected chi connectivity index (χ1v) is 5.21. The molecule has 0 aromatic heterocycles. The molecule has 0 radical (unpaired) electrons. The number of allylic oxidation sites excluding steroid dienone is 1. The van der Waals surface area contributed by atoms with Crippen LogP contribution in [0.3, 0.4) is 0 Å². The fourth-order valence-electron chi connectivity index (χ4n) is 2.55. The lowest BCUT2D eigenvalue weighted by Crippen LogP contribution is -2.56. The number of hydrogen-bond acceptors (Lipinski definition) is 5. The highest BCUT2D eigenvalue weighted by Crippen LogP contribution is 2.46. The minimum absolute atomic E-state index is 0.437. The highest BCUT2D eigenvalue weighted by molar-refractivity contribution is 6.00. The SMILES string of the molecule is C[C@@H]1OC(=O)[C@@]2([C@@H]1O)[C@@H](C)C=CC(=O)[C@@H]2O. The number of cyclic esters (lactones) is 1. The molecule has 5 nitrogen and oxygen atoms in total. The van der Waals surface area contributed by atoms with Gasteiger partial charge in [0.05, 0.1) is 0 Å². The lowest BCUT2D eigenvalue weighted by molar-refractivity contribution is -0.163. The Bertz CT molecular complexity index is 375. The van der Waals surface area contributed by atoms with Crippen LogP contribution in [0.4, 0.5) is 0 Å². The smallest absolute Gasteiger partial charge is 0.318 e. The van der Waals surface area contributed by atoms with Gasteiger partial charge in [-0.05, 0) is 18.9 Å². The molecule has 0 aromatic carbocycles. The molecule has 0 unspecified atom stereocenters. The molecule has 1 aliphatic carbocycles. The summed E-state index contributed by atoms with van der Waals surface area (Å²) in [6.45, 7) is 3.22. The number of carbonyl (C=O) groups excluding carboxylic acids is 2. The lowest BCUT2D eigenvalue weighted by Gasteiger charge is -2.38. The summed E-state index contributed by atoms with van der Waals surface area (Å²) in [5.41, 5.74) is -1.54. The van der Waals surface area contributed by atoms with E-state index < -0.39 is 41.4 Å². The molecule has 1 fully saturated rings. The van der Waals surface area contributed by atoms with Crippen molar-refractivity contribution in [1.82, 2.24) is 0 Å². The van der Waals surface area contributed by atoms with E-state index in [4.69, 9.17) is 4.74 Å². The van der Waals surface area contributed by atoms with Gasteiger partial charge in [-0.1, -0.05) is 13.0 Å². The monoisotopic (exact) mass is 226 g/mol. The van der Waals surface area contributed by atoms with Gasteiger partial charge in [0.2, 0.25) is 0 Å². The fourth-order valence-corrected chi connectivity index (χ4v) is 2.55. The van der Waals surface area contributed by atoms with Crippen LogP contribution in [0, 0.1) is 11.3 Å². The Labute approximate surface area is 92.7 Å². The average molecular weight is 226 g/mol. The van der Waals surface area contributed by atoms with Crippen molar-refractivity contribution in [2.24, 2.45) is 11.3 Å². The first-order chi connectivity index (χ1) is 7.42. The predicted octanol–water partition coefficient (Wildman–Crippen LogP) is -0.585. The second-order valence-electron chi connectivity index (χ2n) is 4.44. The lowest BCUT2D eigenvalue weighted by atomic mass is 9.64. The molecule has 16 heavy (non-hydrogen) atoms. The van der Waals surface area contributed by atoms with E-state index >= 15 is 0 Å². The Kier molecular flexibility index (Phi) is 2.40. The normalized spacial score (nSPS) is 47.5. The van der Waals surface area contributed by atoms with Crippen molar-refractivity contribution in [3.05, 3.63) is 12.2 Å². The van der Waals surface area contributed by atoms with Crippen LogP contribution in [0.5, 0.6) is 0 Å². The van der Waals surface area contributed by atoms with Crippen LogP contribution in [0.2, 0.25) is 0 Å². The Hall–Kier alpha value is -1.20. The van der Waals surface area contributed by atoms with Gasteiger partial charge >= 0.3 is 5.97 Å². The molecule has 5 atom stereocenters. The summed E-state index contributed by atoms with van der Waals surface area (Å²) in [6.07, 6.45) is -0.635. The van der Waals surface area contributed by atoms with Crippen LogP contribution in [0.15, 0.2) is 12.2 Å². The first-order valence-electron chi connectivity index (χ1n) is 5.21. The molecule has 1 saturated heterocycles. The van der Waals surface area contributed by atoms with Gasteiger partial charge < -0.3 is 14.9 Å². The largest absolute Gasteiger partial charge is 0.459 e. The van der Waals surface area contributed by atoms with Crippen molar-refractivity contribution in [3.63, 3.8) is 0 Å². The van der Waals surface area contributed by atoms with Crippen molar-refractivity contribution >= 4 is 11.8 Å². The summed E-state index contributed by atoms with van der Waals surface area (Å²) in [6, 6.07) is 0. The molecule has 1 spiro atoms. The molecule has 2 aliphatic rings. The molecular weight excluding hydrogens is 212 g/mol. The van der Waals surface area contributed by atoms with Gasteiger partial charge in [-0.3, -0.25) is 9.59 Å². The third kappa shape index (κ3) is 1.13. The van der Waals surface area contributed by atoms with E-state index in [0.29, 0.717) is 0 Å². The van der Waals surface area contributed by atoms with Crippen molar-refractivity contribution in [2.75, 3.05) is 0 Å². The van der Waals surface area contributed by atoms with Crippen LogP contribution >= 0.6 is 0 Å². The van der Waals surface area contributed by atoms with Gasteiger partial charge in [0.25, 0.3) is 0 Å². The van der Waals surface area contributed by atoms with Gasteiger partial charge in [0, 0.05) is 0 Å². The summed E-state index contributed by atoms with van der Waals surface area (Å²) in [4.78, 5) is 23.3. The van der Waals surface area contributed by atoms with Crippen molar-refractivity contribution < 1.29 is 24.5 Å². The Morgan fingerprint density at radius 1 is 1.31 bits per heavy atom. The zero-order chi connectivity index (χ0) is 12.1. The summed E-state index contributed by atoms with van der Waals surface area (Å²) < 4.78 is 4.92. The summed E-state index contributed by atoms with van der Waals surface area (Å²) in [5.74, 6) is -1.71. The molecule has 0 aromatic rings. The summed E-state index contributed by atoms with van der Waals surface area (Å²) in [7, 11) is 0. The Balaban J connectivity index is 2.54. The quantitative estimate of drug-likeness (QED) is 0.540. The van der Waals surface area contributed by atoms with Gasteiger partial charge in [0.15, 0.2) is 5.78 Å². The molecule has 0 bridgehead atoms. The standard InChI is InChI=1S/C11H14O5/c1-5-3-4-7(12)9(14)11(5)8(13)6(2)16-10(11)15/h3-6,8-9,13-14H,1-2H3/t5-,6-,8+,9-,11+/m0/s1. The van der Waals surface area contributed by atoms with Gasteiger partial charge in [-0.15, -0.1) is 0 Å². The van der Waals surface area contributed by atoms with E-state index in [1.807, 2.05) is 0 Å². The topological polar surface area (TPSA) is 83.8 Å². The van der Waals surface area contributed by atoms with Crippen LogP contribution in [-0.4, -0.2) is 40.3 Å².